The Balaban J connectivity index is 0.000000847. The molecular weight excluding hydrogens is 340 g/mol. The molecule has 0 aliphatic carbocycles. The first-order chi connectivity index (χ1) is 10.6. The Labute approximate surface area is 139 Å². The number of hydrogen-bond acceptors (Lipinski definition) is 2. The van der Waals surface area contributed by atoms with Gasteiger partial charge in [-0.15, -0.1) is 0 Å². The Morgan fingerprint density at radius 2 is 1.68 bits per heavy atom. The summed E-state index contributed by atoms with van der Waals surface area (Å²) >= 11 is 3.43. The zero-order chi connectivity index (χ0) is 16.1. The van der Waals surface area contributed by atoms with Crippen LogP contribution in [0.3, 0.4) is 0 Å². The second kappa shape index (κ2) is 7.36. The van der Waals surface area contributed by atoms with Gasteiger partial charge in [-0.25, -0.2) is 0 Å². The fraction of sp³-hybridized carbons (Fsp3) is 0.222. The summed E-state index contributed by atoms with van der Waals surface area (Å²) in [5.74, 6) is -0.0791. The smallest absolute Gasteiger partial charge is 0.248 e. The molecule has 0 radical (unpaired) electrons. The van der Waals surface area contributed by atoms with Crippen LogP contribution >= 0.6 is 15.9 Å². The topological polar surface area (TPSA) is 41.5 Å². The maximum Gasteiger partial charge on any atom is 0.248 e. The molecule has 3 nitrogen and oxygen atoms in total. The number of benzene rings is 2. The fourth-order valence-electron chi connectivity index (χ4n) is 2.20. The average molecular weight is 359 g/mol. The molecule has 1 heterocycles. The van der Waals surface area contributed by atoms with Crippen molar-refractivity contribution in [2.24, 2.45) is 4.99 Å². The van der Waals surface area contributed by atoms with Crippen molar-refractivity contribution in [3.63, 3.8) is 0 Å². The third-order valence-electron chi connectivity index (χ3n) is 3.26. The summed E-state index contributed by atoms with van der Waals surface area (Å²) in [7, 11) is 0. The van der Waals surface area contributed by atoms with Crippen LogP contribution in [0.5, 0.6) is 0 Å². The van der Waals surface area contributed by atoms with Crippen molar-refractivity contribution in [2.45, 2.75) is 26.8 Å². The van der Waals surface area contributed by atoms with E-state index in [-0.39, 0.29) is 5.91 Å². The Kier molecular flexibility index (Phi) is 5.50. The van der Waals surface area contributed by atoms with Crippen LogP contribution in [0.15, 0.2) is 58.0 Å². The highest BCUT2D eigenvalue weighted by Crippen LogP contribution is 2.24. The van der Waals surface area contributed by atoms with Gasteiger partial charge in [-0.2, -0.15) is 0 Å². The number of carbonyl (C=O) groups is 1. The number of nitrogens with one attached hydrogen (secondary N) is 1. The molecule has 1 N–H and O–H groups in total. The molecule has 4 heteroatoms. The van der Waals surface area contributed by atoms with Gasteiger partial charge in [0.15, 0.2) is 0 Å². The highest BCUT2D eigenvalue weighted by molar-refractivity contribution is 9.10. The predicted octanol–water partition coefficient (Wildman–Crippen LogP) is 4.65. The number of rotatable bonds is 1. The largest absolute Gasteiger partial charge is 0.324 e. The quantitative estimate of drug-likeness (QED) is 0.791. The molecule has 1 unspecified atom stereocenters. The van der Waals surface area contributed by atoms with Crippen molar-refractivity contribution >= 4 is 33.2 Å². The minimum absolute atomic E-state index is 0.0791. The van der Waals surface area contributed by atoms with Crippen molar-refractivity contribution in [1.29, 1.82) is 0 Å². The normalized spacial score (nSPS) is 16.5. The summed E-state index contributed by atoms with van der Waals surface area (Å²) < 4.78 is 1.02. The summed E-state index contributed by atoms with van der Waals surface area (Å²) in [5.41, 5.74) is 3.61. The maximum atomic E-state index is 12.0. The monoisotopic (exact) mass is 358 g/mol. The Morgan fingerprint density at radius 1 is 1.05 bits per heavy atom. The van der Waals surface area contributed by atoms with Gasteiger partial charge in [0.2, 0.25) is 5.91 Å². The standard InChI is InChI=1S/C16H13BrN2O.C2H6/c1-10-16(20)19-14-5-3-2-4-13(14)15(18-10)11-6-8-12(17)9-7-11;1-2/h2-10H,1H3,(H,19,20);1-2H3. The molecule has 0 spiro atoms. The van der Waals surface area contributed by atoms with E-state index in [2.05, 4.69) is 26.2 Å². The Morgan fingerprint density at radius 3 is 2.36 bits per heavy atom. The van der Waals surface area contributed by atoms with E-state index >= 15 is 0 Å². The van der Waals surface area contributed by atoms with Crippen LogP contribution in [0.25, 0.3) is 0 Å². The number of nitrogens with zero attached hydrogens (tertiary/aromatic N) is 1. The minimum Gasteiger partial charge on any atom is -0.324 e. The fourth-order valence-corrected chi connectivity index (χ4v) is 2.46. The van der Waals surface area contributed by atoms with Gasteiger partial charge in [0.25, 0.3) is 0 Å². The molecule has 114 valence electrons. The van der Waals surface area contributed by atoms with E-state index in [9.17, 15) is 4.79 Å². The van der Waals surface area contributed by atoms with Gasteiger partial charge in [-0.1, -0.05) is 60.1 Å². The molecule has 3 rings (SSSR count). The van der Waals surface area contributed by atoms with Crippen LogP contribution in [0.1, 0.15) is 31.9 Å². The molecule has 1 aliphatic rings. The zero-order valence-electron chi connectivity index (χ0n) is 12.9. The second-order valence-electron chi connectivity index (χ2n) is 4.70. The number of para-hydroxylation sites is 1. The lowest BCUT2D eigenvalue weighted by atomic mass is 10.0. The molecule has 2 aromatic carbocycles. The Bertz CT molecular complexity index is 692. The summed E-state index contributed by atoms with van der Waals surface area (Å²) in [6, 6.07) is 15.3. The molecule has 1 amide bonds. The highest BCUT2D eigenvalue weighted by atomic mass is 79.9. The summed E-state index contributed by atoms with van der Waals surface area (Å²) in [4.78, 5) is 16.6. The van der Waals surface area contributed by atoms with Gasteiger partial charge in [0.05, 0.1) is 11.4 Å². The molecule has 0 saturated carbocycles. The Hall–Kier alpha value is -1.94. The SMILES string of the molecule is CC.CC1N=C(c2ccc(Br)cc2)c2ccccc2NC1=O. The molecule has 1 aliphatic heterocycles. The number of benzodiazepines with no additional fused rings is 1. The van der Waals surface area contributed by atoms with Gasteiger partial charge in [0, 0.05) is 15.6 Å². The molecule has 0 bridgehead atoms. The third kappa shape index (κ3) is 3.45. The van der Waals surface area contributed by atoms with E-state index in [1.165, 1.54) is 0 Å². The number of hydrogen-bond donors (Lipinski definition) is 1. The predicted molar refractivity (Wildman–Crippen MR) is 95.7 cm³/mol. The summed E-state index contributed by atoms with van der Waals surface area (Å²) in [5, 5.41) is 2.92. The zero-order valence-corrected chi connectivity index (χ0v) is 14.5. The first-order valence-corrected chi connectivity index (χ1v) is 8.18. The van der Waals surface area contributed by atoms with E-state index in [0.717, 1.165) is 27.0 Å². The van der Waals surface area contributed by atoms with Gasteiger partial charge < -0.3 is 5.32 Å². The van der Waals surface area contributed by atoms with Crippen LogP contribution < -0.4 is 5.32 Å². The van der Waals surface area contributed by atoms with E-state index in [0.29, 0.717) is 0 Å². The van der Waals surface area contributed by atoms with Crippen molar-refractivity contribution in [2.75, 3.05) is 5.32 Å². The minimum atomic E-state index is -0.402. The highest BCUT2D eigenvalue weighted by Gasteiger charge is 2.22. The van der Waals surface area contributed by atoms with Crippen LogP contribution in [0.2, 0.25) is 0 Å². The van der Waals surface area contributed by atoms with Crippen LogP contribution in [-0.2, 0) is 4.79 Å². The summed E-state index contributed by atoms with van der Waals surface area (Å²) in [6.07, 6.45) is 0. The summed E-state index contributed by atoms with van der Waals surface area (Å²) in [6.45, 7) is 5.81. The van der Waals surface area contributed by atoms with E-state index in [1.54, 1.807) is 6.92 Å². The lowest BCUT2D eigenvalue weighted by Crippen LogP contribution is -2.22. The molecule has 0 aromatic heterocycles. The van der Waals surface area contributed by atoms with Gasteiger partial charge >= 0.3 is 0 Å². The number of carbonyl (C=O) groups excluding carboxylic acids is 1. The third-order valence-corrected chi connectivity index (χ3v) is 3.79. The van der Waals surface area contributed by atoms with E-state index in [1.807, 2.05) is 62.4 Å². The number of amides is 1. The maximum absolute atomic E-state index is 12.0. The van der Waals surface area contributed by atoms with Crippen molar-refractivity contribution in [1.82, 2.24) is 0 Å². The van der Waals surface area contributed by atoms with Crippen molar-refractivity contribution in [3.05, 3.63) is 64.1 Å². The van der Waals surface area contributed by atoms with Gasteiger partial charge in [-0.05, 0) is 25.1 Å². The molecule has 0 saturated heterocycles. The van der Waals surface area contributed by atoms with Gasteiger partial charge in [-0.3, -0.25) is 9.79 Å². The first kappa shape index (κ1) is 16.4. The first-order valence-electron chi connectivity index (χ1n) is 7.39. The number of fused-ring (bicyclic) bond motifs is 1. The number of anilines is 1. The van der Waals surface area contributed by atoms with Gasteiger partial charge in [0.1, 0.15) is 6.04 Å². The average Bonchev–Trinajstić information content (AvgIpc) is 2.67. The van der Waals surface area contributed by atoms with Crippen LogP contribution in [0, 0.1) is 0 Å². The second-order valence-corrected chi connectivity index (χ2v) is 5.61. The number of halogens is 1. The van der Waals surface area contributed by atoms with E-state index < -0.39 is 6.04 Å². The lowest BCUT2D eigenvalue weighted by Gasteiger charge is -2.09. The molecule has 1 atom stereocenters. The molecule has 2 aromatic rings. The van der Waals surface area contributed by atoms with Crippen molar-refractivity contribution in [3.8, 4) is 0 Å². The lowest BCUT2D eigenvalue weighted by molar-refractivity contribution is -0.116. The van der Waals surface area contributed by atoms with Crippen LogP contribution in [0.4, 0.5) is 5.69 Å². The molecule has 22 heavy (non-hydrogen) atoms. The molecular formula is C18H19BrN2O. The molecule has 0 fully saturated rings. The van der Waals surface area contributed by atoms with E-state index in [4.69, 9.17) is 0 Å². The number of aliphatic imine (C=N–C) groups is 1. The van der Waals surface area contributed by atoms with Crippen LogP contribution in [-0.4, -0.2) is 17.7 Å². The van der Waals surface area contributed by atoms with Crippen molar-refractivity contribution < 1.29 is 4.79 Å².